The number of hydrogen-bond acceptors (Lipinski definition) is 10. The lowest BCUT2D eigenvalue weighted by atomic mass is 10.2. The number of rotatable bonds is 11. The minimum atomic E-state index is -0.627. The number of fused-ring (bicyclic) bond motifs is 1. The van der Waals surface area contributed by atoms with E-state index in [0.29, 0.717) is 51.0 Å². The summed E-state index contributed by atoms with van der Waals surface area (Å²) >= 11 is 13.3. The molecule has 3 heterocycles. The van der Waals surface area contributed by atoms with Crippen LogP contribution in [0.15, 0.2) is 75.2 Å². The first kappa shape index (κ1) is 36.3. The van der Waals surface area contributed by atoms with Gasteiger partial charge in [-0.2, -0.15) is 4.98 Å². The summed E-state index contributed by atoms with van der Waals surface area (Å²) in [5.41, 5.74) is 0.620. The molecule has 52 heavy (non-hydrogen) atoms. The molecule has 1 fully saturated rings. The average Bonchev–Trinajstić information content (AvgIpc) is 3.60. The van der Waals surface area contributed by atoms with Gasteiger partial charge in [0.25, 0.3) is 16.7 Å². The Labute approximate surface area is 310 Å². The molecule has 14 nitrogen and oxygen atoms in total. The molecule has 5 aromatic rings. The highest BCUT2D eigenvalue weighted by Crippen LogP contribution is 2.37. The Morgan fingerprint density at radius 3 is 2.40 bits per heavy atom. The molecular formula is C35H30Cl2N6O8S. The molecule has 17 heteroatoms. The summed E-state index contributed by atoms with van der Waals surface area (Å²) in [6.45, 7) is 1.94. The Hall–Kier alpha value is -5.51. The standard InChI is InChI=1S/C35H30Cl2N6O8S/c1-5-50-23-11-9-22(10-12-23)38-28(44)18-43-31(45)27(52-35(43)48)15-19-6-13-25(26(14-19)49-4)51-33-39-30-29(32(46)41(3)34(47)40(30)2)42(33)17-20-7-8-21(36)16-24(20)37/h6-16H,5,17-18H2,1-4H3,(H,38,44)/b27-15-. The van der Waals surface area contributed by atoms with E-state index < -0.39 is 34.8 Å². The van der Waals surface area contributed by atoms with Crippen molar-refractivity contribution in [1.29, 1.82) is 0 Å². The van der Waals surface area contributed by atoms with E-state index in [0.717, 1.165) is 9.47 Å². The molecule has 1 aliphatic rings. The van der Waals surface area contributed by atoms with Gasteiger partial charge in [-0.15, -0.1) is 0 Å². The number of imide groups is 1. The number of nitrogens with zero attached hydrogens (tertiary/aromatic N) is 5. The van der Waals surface area contributed by atoms with Crippen LogP contribution >= 0.6 is 35.0 Å². The number of imidazole rings is 1. The highest BCUT2D eigenvalue weighted by atomic mass is 35.5. The first-order valence-corrected chi connectivity index (χ1v) is 17.2. The quantitative estimate of drug-likeness (QED) is 0.167. The molecule has 3 amide bonds. The number of hydrogen-bond donors (Lipinski definition) is 1. The van der Waals surface area contributed by atoms with Gasteiger partial charge in [0, 0.05) is 29.8 Å². The van der Waals surface area contributed by atoms with Gasteiger partial charge in [0.1, 0.15) is 12.3 Å². The van der Waals surface area contributed by atoms with Crippen LogP contribution in [0.3, 0.4) is 0 Å². The van der Waals surface area contributed by atoms with E-state index in [1.165, 1.54) is 36.4 Å². The fourth-order valence-electron chi connectivity index (χ4n) is 5.36. The van der Waals surface area contributed by atoms with Crippen LogP contribution < -0.4 is 30.8 Å². The molecular weight excluding hydrogens is 735 g/mol. The minimum absolute atomic E-state index is 0.0324. The first-order chi connectivity index (χ1) is 24.9. The maximum atomic E-state index is 13.4. The van der Waals surface area contributed by atoms with E-state index in [9.17, 15) is 24.0 Å². The zero-order chi connectivity index (χ0) is 37.3. The van der Waals surface area contributed by atoms with Gasteiger partial charge in [-0.1, -0.05) is 35.3 Å². The van der Waals surface area contributed by atoms with E-state index in [1.807, 2.05) is 6.92 Å². The number of halogens is 2. The van der Waals surface area contributed by atoms with E-state index in [-0.39, 0.29) is 40.1 Å². The molecule has 0 saturated carbocycles. The molecule has 1 N–H and O–H groups in total. The lowest BCUT2D eigenvalue weighted by molar-refractivity contribution is -0.127. The molecule has 1 aliphatic heterocycles. The highest BCUT2D eigenvalue weighted by Gasteiger charge is 2.36. The van der Waals surface area contributed by atoms with E-state index in [4.69, 9.17) is 37.4 Å². The average molecular weight is 766 g/mol. The summed E-state index contributed by atoms with van der Waals surface area (Å²) < 4.78 is 20.9. The maximum absolute atomic E-state index is 13.4. The fraction of sp³-hybridized carbons (Fsp3) is 0.200. The Morgan fingerprint density at radius 2 is 1.71 bits per heavy atom. The van der Waals surface area contributed by atoms with Gasteiger partial charge in [0.2, 0.25) is 5.91 Å². The van der Waals surface area contributed by atoms with Crippen molar-refractivity contribution in [3.8, 4) is 23.3 Å². The van der Waals surface area contributed by atoms with Crippen LogP contribution in [-0.2, 0) is 30.2 Å². The van der Waals surface area contributed by atoms with Crippen molar-refractivity contribution in [3.63, 3.8) is 0 Å². The van der Waals surface area contributed by atoms with Crippen molar-refractivity contribution in [3.05, 3.63) is 108 Å². The zero-order valence-corrected chi connectivity index (χ0v) is 30.5. The summed E-state index contributed by atoms with van der Waals surface area (Å²) in [6, 6.07) is 16.4. The Kier molecular flexibility index (Phi) is 10.5. The van der Waals surface area contributed by atoms with Gasteiger partial charge >= 0.3 is 11.7 Å². The second-order valence-corrected chi connectivity index (χ2v) is 13.2. The Morgan fingerprint density at radius 1 is 0.962 bits per heavy atom. The van der Waals surface area contributed by atoms with Gasteiger partial charge in [0.15, 0.2) is 22.7 Å². The zero-order valence-electron chi connectivity index (χ0n) is 28.1. The van der Waals surface area contributed by atoms with Crippen molar-refractivity contribution >= 4 is 74.9 Å². The van der Waals surface area contributed by atoms with E-state index in [1.54, 1.807) is 60.7 Å². The molecule has 0 spiro atoms. The summed E-state index contributed by atoms with van der Waals surface area (Å²) in [7, 11) is 4.27. The predicted octanol–water partition coefficient (Wildman–Crippen LogP) is 5.66. The topological polar surface area (TPSA) is 156 Å². The van der Waals surface area contributed by atoms with Crippen LogP contribution in [0.2, 0.25) is 10.0 Å². The van der Waals surface area contributed by atoms with Crippen molar-refractivity contribution in [2.45, 2.75) is 13.5 Å². The van der Waals surface area contributed by atoms with Crippen LogP contribution in [-0.4, -0.2) is 60.9 Å². The number of carbonyl (C=O) groups excluding carboxylic acids is 3. The Balaban J connectivity index is 1.25. The second kappa shape index (κ2) is 15.0. The first-order valence-electron chi connectivity index (χ1n) is 15.6. The van der Waals surface area contributed by atoms with Crippen molar-refractivity contribution in [2.75, 3.05) is 25.6 Å². The van der Waals surface area contributed by atoms with Gasteiger partial charge < -0.3 is 19.5 Å². The number of methoxy groups -OCH3 is 1. The molecule has 3 aromatic carbocycles. The molecule has 268 valence electrons. The molecule has 0 bridgehead atoms. The number of carbonyl (C=O) groups is 3. The van der Waals surface area contributed by atoms with Gasteiger partial charge in [-0.05, 0) is 84.4 Å². The number of anilines is 1. The Bertz CT molecular complexity index is 2400. The highest BCUT2D eigenvalue weighted by molar-refractivity contribution is 8.18. The molecule has 6 rings (SSSR count). The van der Waals surface area contributed by atoms with Gasteiger partial charge in [0.05, 0.1) is 25.2 Å². The molecule has 0 atom stereocenters. The van der Waals surface area contributed by atoms with E-state index >= 15 is 0 Å². The van der Waals surface area contributed by atoms with Gasteiger partial charge in [-0.3, -0.25) is 37.8 Å². The fourth-order valence-corrected chi connectivity index (χ4v) is 6.67. The number of benzene rings is 3. The number of aryl methyl sites for hydroxylation is 1. The largest absolute Gasteiger partial charge is 0.494 e. The van der Waals surface area contributed by atoms with E-state index in [2.05, 4.69) is 10.3 Å². The number of amides is 3. The van der Waals surface area contributed by atoms with Crippen LogP contribution in [0.4, 0.5) is 10.5 Å². The van der Waals surface area contributed by atoms with Crippen LogP contribution in [0.1, 0.15) is 18.1 Å². The molecule has 0 unspecified atom stereocenters. The third-order valence-corrected chi connectivity index (χ3v) is 9.46. The SMILES string of the molecule is CCOc1ccc(NC(=O)CN2C(=O)S/C(=C\c3ccc(Oc4nc5c(c(=O)n(C)c(=O)n5C)n4Cc4ccc(Cl)cc4Cl)c(OC)c3)C2=O)cc1. The third kappa shape index (κ3) is 7.28. The smallest absolute Gasteiger partial charge is 0.332 e. The number of thioether (sulfide) groups is 1. The predicted molar refractivity (Wildman–Crippen MR) is 198 cm³/mol. The molecule has 1 saturated heterocycles. The van der Waals surface area contributed by atoms with Crippen molar-refractivity contribution in [1.82, 2.24) is 23.6 Å². The van der Waals surface area contributed by atoms with Crippen molar-refractivity contribution < 1.29 is 28.6 Å². The summed E-state index contributed by atoms with van der Waals surface area (Å²) in [4.78, 5) is 70.2. The molecule has 0 radical (unpaired) electrons. The summed E-state index contributed by atoms with van der Waals surface area (Å²) in [6.07, 6.45) is 1.50. The maximum Gasteiger partial charge on any atom is 0.332 e. The van der Waals surface area contributed by atoms with Crippen molar-refractivity contribution in [2.24, 2.45) is 14.1 Å². The van der Waals surface area contributed by atoms with Gasteiger partial charge in [-0.25, -0.2) is 4.79 Å². The van der Waals surface area contributed by atoms with Crippen LogP contribution in [0, 0.1) is 0 Å². The third-order valence-electron chi connectivity index (χ3n) is 7.97. The number of nitrogens with one attached hydrogen (secondary N) is 1. The summed E-state index contributed by atoms with van der Waals surface area (Å²) in [5, 5.41) is 2.86. The summed E-state index contributed by atoms with van der Waals surface area (Å²) in [5.74, 6) is -0.102. The molecule has 2 aromatic heterocycles. The molecule has 0 aliphatic carbocycles. The minimum Gasteiger partial charge on any atom is -0.494 e. The monoisotopic (exact) mass is 764 g/mol. The lowest BCUT2D eigenvalue weighted by Gasteiger charge is -2.14. The van der Waals surface area contributed by atoms with Crippen LogP contribution in [0.25, 0.3) is 17.2 Å². The second-order valence-electron chi connectivity index (χ2n) is 11.4. The number of aromatic nitrogens is 4. The normalized spacial score (nSPS) is 13.7. The lowest BCUT2D eigenvalue weighted by Crippen LogP contribution is -2.37. The number of ether oxygens (including phenoxy) is 3. The van der Waals surface area contributed by atoms with Crippen LogP contribution in [0.5, 0.6) is 23.3 Å².